The standard InChI is InChI=1S/C23H30F3N5O2S/c1-21(2)17-14(18(30-29-17)28-19(32)22(11-8-12-22)34(3,4)5)13-31(21)20(33)27-16-10-7-6-9-15(16)23(24,25)26/h6-7,9-10H,8,11-13H2,1-5H3,(H,27,33)(H2,28,29,30,32). The predicted molar refractivity (Wildman–Crippen MR) is 128 cm³/mol. The van der Waals surface area contributed by atoms with Crippen molar-refractivity contribution in [2.45, 2.75) is 56.1 Å². The molecule has 0 saturated heterocycles. The third-order valence-corrected chi connectivity index (χ3v) is 10.1. The minimum Gasteiger partial charge on any atom is -0.309 e. The lowest BCUT2D eigenvalue weighted by Gasteiger charge is -2.53. The van der Waals surface area contributed by atoms with Gasteiger partial charge in [0.2, 0.25) is 5.91 Å². The molecule has 1 aliphatic heterocycles. The normalized spacial score (nSPS) is 19.2. The number of carbonyl (C=O) groups excluding carboxylic acids is 2. The summed E-state index contributed by atoms with van der Waals surface area (Å²) in [5, 5.41) is 12.6. The van der Waals surface area contributed by atoms with Gasteiger partial charge in [-0.25, -0.2) is 14.8 Å². The molecule has 7 nitrogen and oxygen atoms in total. The van der Waals surface area contributed by atoms with Gasteiger partial charge in [0.05, 0.1) is 33.8 Å². The molecule has 34 heavy (non-hydrogen) atoms. The number of para-hydroxylation sites is 1. The first-order chi connectivity index (χ1) is 15.7. The number of hydrogen-bond acceptors (Lipinski definition) is 3. The number of amides is 3. The van der Waals surface area contributed by atoms with E-state index in [1.165, 1.54) is 23.1 Å². The average molecular weight is 498 g/mol. The molecule has 1 fully saturated rings. The molecule has 0 bridgehead atoms. The SMILES string of the molecule is CC1(C)c2[nH]nc(NC(=O)C3(S(C)(C)C)CCC3)c2CN1C(=O)Nc1ccccc1C(F)(F)F. The first-order valence-corrected chi connectivity index (χ1v) is 13.9. The van der Waals surface area contributed by atoms with Crippen molar-refractivity contribution in [2.24, 2.45) is 0 Å². The quantitative estimate of drug-likeness (QED) is 0.538. The third-order valence-electron chi connectivity index (χ3n) is 7.17. The topological polar surface area (TPSA) is 90.1 Å². The minimum atomic E-state index is -4.59. The van der Waals surface area contributed by atoms with Gasteiger partial charge in [0, 0.05) is 5.56 Å². The van der Waals surface area contributed by atoms with Crippen LogP contribution >= 0.6 is 10.0 Å². The Morgan fingerprint density at radius 3 is 2.32 bits per heavy atom. The number of benzene rings is 1. The van der Waals surface area contributed by atoms with E-state index in [0.29, 0.717) is 17.1 Å². The van der Waals surface area contributed by atoms with E-state index >= 15 is 0 Å². The predicted octanol–water partition coefficient (Wildman–Crippen LogP) is 5.27. The summed E-state index contributed by atoms with van der Waals surface area (Å²) in [5.41, 5.74) is -0.780. The van der Waals surface area contributed by atoms with Crippen molar-refractivity contribution < 1.29 is 22.8 Å². The molecule has 1 aromatic heterocycles. The van der Waals surface area contributed by atoms with Gasteiger partial charge in [-0.05, 0) is 64.0 Å². The molecule has 186 valence electrons. The number of H-pyrrole nitrogens is 1. The number of fused-ring (bicyclic) bond motifs is 1. The van der Waals surface area contributed by atoms with Crippen LogP contribution in [-0.4, -0.2) is 50.5 Å². The Kier molecular flexibility index (Phi) is 5.70. The molecule has 2 aliphatic rings. The first-order valence-electron chi connectivity index (χ1n) is 11.0. The van der Waals surface area contributed by atoms with Gasteiger partial charge in [-0.1, -0.05) is 12.1 Å². The van der Waals surface area contributed by atoms with Crippen LogP contribution in [0.5, 0.6) is 0 Å². The van der Waals surface area contributed by atoms with Gasteiger partial charge in [0.15, 0.2) is 5.82 Å². The van der Waals surface area contributed by atoms with Gasteiger partial charge in [-0.15, -0.1) is 0 Å². The molecule has 2 aromatic rings. The first kappa shape index (κ1) is 24.4. The maximum atomic E-state index is 13.4. The van der Waals surface area contributed by atoms with Crippen molar-refractivity contribution in [3.05, 3.63) is 41.1 Å². The summed E-state index contributed by atoms with van der Waals surface area (Å²) in [4.78, 5) is 27.8. The lowest BCUT2D eigenvalue weighted by molar-refractivity contribution is -0.137. The molecular weight excluding hydrogens is 467 g/mol. The third kappa shape index (κ3) is 3.83. The monoisotopic (exact) mass is 497 g/mol. The van der Waals surface area contributed by atoms with Crippen LogP contribution in [0.15, 0.2) is 24.3 Å². The van der Waals surface area contributed by atoms with E-state index in [1.807, 2.05) is 0 Å². The van der Waals surface area contributed by atoms with Crippen LogP contribution in [0.25, 0.3) is 0 Å². The number of alkyl halides is 3. The fourth-order valence-electron chi connectivity index (χ4n) is 4.80. The second-order valence-electron chi connectivity index (χ2n) is 10.2. The van der Waals surface area contributed by atoms with Crippen molar-refractivity contribution in [3.8, 4) is 0 Å². The maximum absolute atomic E-state index is 13.4. The second kappa shape index (κ2) is 7.93. The minimum absolute atomic E-state index is 0.0598. The number of urea groups is 1. The largest absolute Gasteiger partial charge is 0.418 e. The molecule has 2 heterocycles. The summed E-state index contributed by atoms with van der Waals surface area (Å²) in [6.45, 7) is 3.67. The Balaban J connectivity index is 1.56. The van der Waals surface area contributed by atoms with E-state index in [9.17, 15) is 22.8 Å². The Labute approximate surface area is 198 Å². The average Bonchev–Trinajstić information content (AvgIpc) is 3.17. The zero-order chi connectivity index (χ0) is 25.1. The Morgan fingerprint density at radius 1 is 1.12 bits per heavy atom. The summed E-state index contributed by atoms with van der Waals surface area (Å²) < 4.78 is 39.7. The van der Waals surface area contributed by atoms with E-state index in [2.05, 4.69) is 39.6 Å². The van der Waals surface area contributed by atoms with Gasteiger partial charge in [-0.3, -0.25) is 9.89 Å². The molecule has 1 aromatic carbocycles. The van der Waals surface area contributed by atoms with Crippen LogP contribution in [0, 0.1) is 0 Å². The summed E-state index contributed by atoms with van der Waals surface area (Å²) in [5.74, 6) is 0.310. The molecule has 0 unspecified atom stereocenters. The fourth-order valence-corrected chi connectivity index (χ4v) is 6.92. The highest BCUT2D eigenvalue weighted by Crippen LogP contribution is 2.60. The van der Waals surface area contributed by atoms with Gasteiger partial charge in [0.1, 0.15) is 0 Å². The molecular formula is C23H30F3N5O2S. The molecule has 4 rings (SSSR count). The van der Waals surface area contributed by atoms with E-state index < -0.39 is 38.1 Å². The fraction of sp³-hybridized carbons (Fsp3) is 0.522. The van der Waals surface area contributed by atoms with Crippen molar-refractivity contribution in [2.75, 3.05) is 29.4 Å². The number of aromatic amines is 1. The van der Waals surface area contributed by atoms with E-state index in [1.54, 1.807) is 13.8 Å². The highest BCUT2D eigenvalue weighted by Gasteiger charge is 2.51. The van der Waals surface area contributed by atoms with Crippen molar-refractivity contribution in [1.82, 2.24) is 15.1 Å². The van der Waals surface area contributed by atoms with Gasteiger partial charge < -0.3 is 15.5 Å². The van der Waals surface area contributed by atoms with Crippen molar-refractivity contribution in [3.63, 3.8) is 0 Å². The van der Waals surface area contributed by atoms with Crippen molar-refractivity contribution in [1.29, 1.82) is 0 Å². The number of carbonyl (C=O) groups is 2. The Hall–Kier alpha value is -2.69. The number of hydrogen-bond donors (Lipinski definition) is 3. The Morgan fingerprint density at radius 2 is 1.76 bits per heavy atom. The molecule has 11 heteroatoms. The maximum Gasteiger partial charge on any atom is 0.418 e. The number of aromatic nitrogens is 2. The number of nitrogens with zero attached hydrogens (tertiary/aromatic N) is 2. The molecule has 3 N–H and O–H groups in total. The smallest absolute Gasteiger partial charge is 0.309 e. The molecule has 0 radical (unpaired) electrons. The van der Waals surface area contributed by atoms with Crippen LogP contribution in [0.4, 0.5) is 29.5 Å². The van der Waals surface area contributed by atoms with Crippen LogP contribution in [-0.2, 0) is 23.1 Å². The molecule has 1 aliphatic carbocycles. The van der Waals surface area contributed by atoms with Crippen LogP contribution in [0.1, 0.15) is 49.9 Å². The summed E-state index contributed by atoms with van der Waals surface area (Å²) >= 11 is 0. The lowest BCUT2D eigenvalue weighted by atomic mass is 9.83. The lowest BCUT2D eigenvalue weighted by Crippen LogP contribution is -2.51. The number of rotatable bonds is 4. The molecule has 1 saturated carbocycles. The van der Waals surface area contributed by atoms with Crippen LogP contribution in [0.3, 0.4) is 0 Å². The van der Waals surface area contributed by atoms with Gasteiger partial charge in [0.25, 0.3) is 0 Å². The molecule has 3 amide bonds. The highest BCUT2D eigenvalue weighted by atomic mass is 32.3. The highest BCUT2D eigenvalue weighted by molar-refractivity contribution is 8.33. The summed E-state index contributed by atoms with van der Waals surface area (Å²) in [6, 6.07) is 4.20. The van der Waals surface area contributed by atoms with E-state index in [0.717, 1.165) is 25.3 Å². The summed E-state index contributed by atoms with van der Waals surface area (Å²) in [6.07, 6.45) is 4.49. The van der Waals surface area contributed by atoms with Gasteiger partial charge in [-0.2, -0.15) is 18.3 Å². The van der Waals surface area contributed by atoms with Crippen molar-refractivity contribution >= 4 is 33.5 Å². The Bertz CT molecular complexity index is 1130. The van der Waals surface area contributed by atoms with Crippen LogP contribution < -0.4 is 10.6 Å². The zero-order valence-electron chi connectivity index (χ0n) is 19.9. The van der Waals surface area contributed by atoms with Crippen LogP contribution in [0.2, 0.25) is 0 Å². The number of anilines is 2. The van der Waals surface area contributed by atoms with Gasteiger partial charge >= 0.3 is 12.2 Å². The van der Waals surface area contributed by atoms with E-state index in [4.69, 9.17) is 0 Å². The summed E-state index contributed by atoms with van der Waals surface area (Å²) in [7, 11) is -1.16. The number of halogens is 3. The zero-order valence-corrected chi connectivity index (χ0v) is 20.7. The van der Waals surface area contributed by atoms with E-state index in [-0.39, 0.29) is 18.1 Å². The number of nitrogens with one attached hydrogen (secondary N) is 3. The molecule has 0 atom stereocenters. The second-order valence-corrected chi connectivity index (χ2v) is 14.6. The molecule has 0 spiro atoms.